The van der Waals surface area contributed by atoms with Gasteiger partial charge in [-0.15, -0.1) is 0 Å². The van der Waals surface area contributed by atoms with Gasteiger partial charge in [0.1, 0.15) is 0 Å². The number of rotatable bonds is 5. The van der Waals surface area contributed by atoms with E-state index in [4.69, 9.17) is 0 Å². The van der Waals surface area contributed by atoms with Gasteiger partial charge in [-0.25, -0.2) is 0 Å². The molecular formula is C13H19N3O2. The predicted molar refractivity (Wildman–Crippen MR) is 66.0 cm³/mol. The number of carboxylic acids is 1. The molecule has 2 bridgehead atoms. The Balaban J connectivity index is 1.56. The molecule has 5 nitrogen and oxygen atoms in total. The summed E-state index contributed by atoms with van der Waals surface area (Å²) >= 11 is 0. The van der Waals surface area contributed by atoms with E-state index in [0.29, 0.717) is 11.8 Å². The van der Waals surface area contributed by atoms with E-state index in [1.165, 1.54) is 6.42 Å². The van der Waals surface area contributed by atoms with Crippen LogP contribution in [0.1, 0.15) is 19.3 Å². The first-order chi connectivity index (χ1) is 8.75. The van der Waals surface area contributed by atoms with E-state index in [0.717, 1.165) is 25.9 Å². The van der Waals surface area contributed by atoms with Crippen LogP contribution in [0.15, 0.2) is 18.5 Å². The van der Waals surface area contributed by atoms with E-state index in [1.807, 2.05) is 16.9 Å². The standard InChI is InChI=1S/C13H19N3O2/c17-13(18)11-9-2-3-10(8-9)12(11)14-5-7-16-6-1-4-15-16/h1,4,6,9-12,14H,2-3,5,7-8H2,(H,17,18). The average molecular weight is 249 g/mol. The van der Waals surface area contributed by atoms with E-state index in [-0.39, 0.29) is 12.0 Å². The Morgan fingerprint density at radius 3 is 3.00 bits per heavy atom. The highest BCUT2D eigenvalue weighted by molar-refractivity contribution is 5.72. The summed E-state index contributed by atoms with van der Waals surface area (Å²) in [5, 5.41) is 16.9. The molecule has 0 amide bonds. The first-order valence-corrected chi connectivity index (χ1v) is 6.69. The summed E-state index contributed by atoms with van der Waals surface area (Å²) in [6.07, 6.45) is 7.07. The molecule has 2 aliphatic carbocycles. The highest BCUT2D eigenvalue weighted by atomic mass is 16.4. The molecule has 2 N–H and O–H groups in total. The van der Waals surface area contributed by atoms with Gasteiger partial charge in [0.2, 0.25) is 0 Å². The minimum atomic E-state index is -0.626. The van der Waals surface area contributed by atoms with Crippen molar-refractivity contribution in [2.24, 2.45) is 17.8 Å². The quantitative estimate of drug-likeness (QED) is 0.816. The highest BCUT2D eigenvalue weighted by Crippen LogP contribution is 2.48. The molecule has 2 fully saturated rings. The summed E-state index contributed by atoms with van der Waals surface area (Å²) in [7, 11) is 0. The molecule has 1 heterocycles. The first kappa shape index (κ1) is 11.7. The van der Waals surface area contributed by atoms with Crippen LogP contribution in [0.2, 0.25) is 0 Å². The van der Waals surface area contributed by atoms with Crippen molar-refractivity contribution in [2.45, 2.75) is 31.8 Å². The number of hydrogen-bond donors (Lipinski definition) is 2. The molecule has 3 rings (SSSR count). The van der Waals surface area contributed by atoms with Crippen LogP contribution in [-0.2, 0) is 11.3 Å². The van der Waals surface area contributed by atoms with Crippen molar-refractivity contribution in [3.05, 3.63) is 18.5 Å². The molecule has 98 valence electrons. The Hall–Kier alpha value is -1.36. The molecule has 2 saturated carbocycles. The molecule has 0 aromatic carbocycles. The molecule has 5 heteroatoms. The summed E-state index contributed by atoms with van der Waals surface area (Å²) in [6.45, 7) is 1.59. The first-order valence-electron chi connectivity index (χ1n) is 6.69. The van der Waals surface area contributed by atoms with Crippen LogP contribution in [0.5, 0.6) is 0 Å². The Kier molecular flexibility index (Phi) is 3.07. The maximum absolute atomic E-state index is 11.3. The van der Waals surface area contributed by atoms with E-state index < -0.39 is 5.97 Å². The molecule has 1 aromatic rings. The van der Waals surface area contributed by atoms with Gasteiger partial charge in [-0.1, -0.05) is 0 Å². The van der Waals surface area contributed by atoms with E-state index in [1.54, 1.807) is 6.20 Å². The van der Waals surface area contributed by atoms with Gasteiger partial charge in [-0.05, 0) is 37.2 Å². The lowest BCUT2D eigenvalue weighted by molar-refractivity contribution is -0.144. The van der Waals surface area contributed by atoms with Gasteiger partial charge < -0.3 is 10.4 Å². The van der Waals surface area contributed by atoms with Crippen LogP contribution in [0.25, 0.3) is 0 Å². The lowest BCUT2D eigenvalue weighted by Gasteiger charge is -2.29. The summed E-state index contributed by atoms with van der Waals surface area (Å²) in [6, 6.07) is 2.06. The summed E-state index contributed by atoms with van der Waals surface area (Å²) < 4.78 is 1.87. The van der Waals surface area contributed by atoms with E-state index in [9.17, 15) is 9.90 Å². The normalized spacial score (nSPS) is 34.0. The molecule has 0 saturated heterocycles. The smallest absolute Gasteiger partial charge is 0.308 e. The van der Waals surface area contributed by atoms with Crippen LogP contribution >= 0.6 is 0 Å². The second-order valence-electron chi connectivity index (χ2n) is 5.45. The molecule has 18 heavy (non-hydrogen) atoms. The van der Waals surface area contributed by atoms with Crippen LogP contribution in [-0.4, -0.2) is 33.4 Å². The molecule has 2 aliphatic rings. The number of carboxylic acid groups (broad SMARTS) is 1. The summed E-state index contributed by atoms with van der Waals surface area (Å²) in [5.41, 5.74) is 0. The second kappa shape index (κ2) is 4.72. The molecule has 4 unspecified atom stereocenters. The maximum Gasteiger partial charge on any atom is 0.308 e. The number of nitrogens with zero attached hydrogens (tertiary/aromatic N) is 2. The molecule has 0 aliphatic heterocycles. The number of aliphatic carboxylic acids is 1. The van der Waals surface area contributed by atoms with Crippen molar-refractivity contribution in [1.29, 1.82) is 0 Å². The molecular weight excluding hydrogens is 230 g/mol. The monoisotopic (exact) mass is 249 g/mol. The van der Waals surface area contributed by atoms with Crippen LogP contribution in [0.3, 0.4) is 0 Å². The van der Waals surface area contributed by atoms with Crippen LogP contribution < -0.4 is 5.32 Å². The topological polar surface area (TPSA) is 67.2 Å². The third-order valence-electron chi connectivity index (χ3n) is 4.48. The number of nitrogens with one attached hydrogen (secondary N) is 1. The van der Waals surface area contributed by atoms with Crippen molar-refractivity contribution in [2.75, 3.05) is 6.54 Å². The lowest BCUT2D eigenvalue weighted by Crippen LogP contribution is -2.45. The SMILES string of the molecule is O=C(O)C1C2CCC(C2)C1NCCn1cccn1. The third-order valence-corrected chi connectivity index (χ3v) is 4.48. The van der Waals surface area contributed by atoms with Crippen molar-refractivity contribution in [1.82, 2.24) is 15.1 Å². The van der Waals surface area contributed by atoms with Gasteiger partial charge >= 0.3 is 5.97 Å². The predicted octanol–water partition coefficient (Wildman–Crippen LogP) is 0.972. The zero-order chi connectivity index (χ0) is 12.5. The number of hydrogen-bond acceptors (Lipinski definition) is 3. The number of carbonyl (C=O) groups is 1. The van der Waals surface area contributed by atoms with E-state index >= 15 is 0 Å². The van der Waals surface area contributed by atoms with Gasteiger partial charge in [0.25, 0.3) is 0 Å². The molecule has 1 aromatic heterocycles. The summed E-state index contributed by atoms with van der Waals surface area (Å²) in [5.74, 6) is 0.156. The van der Waals surface area contributed by atoms with Gasteiger partial charge in [-0.2, -0.15) is 5.10 Å². The number of fused-ring (bicyclic) bond motifs is 2. The van der Waals surface area contributed by atoms with Crippen molar-refractivity contribution >= 4 is 5.97 Å². The van der Waals surface area contributed by atoms with Gasteiger partial charge in [0.15, 0.2) is 0 Å². The fourth-order valence-corrected chi connectivity index (χ4v) is 3.72. The van der Waals surface area contributed by atoms with Crippen molar-refractivity contribution in [3.63, 3.8) is 0 Å². The minimum absolute atomic E-state index is 0.164. The van der Waals surface area contributed by atoms with Gasteiger partial charge in [0.05, 0.1) is 12.5 Å². The second-order valence-corrected chi connectivity index (χ2v) is 5.45. The fraction of sp³-hybridized carbons (Fsp3) is 0.692. The maximum atomic E-state index is 11.3. The van der Waals surface area contributed by atoms with Gasteiger partial charge in [-0.3, -0.25) is 9.48 Å². The fourth-order valence-electron chi connectivity index (χ4n) is 3.72. The lowest BCUT2D eigenvalue weighted by atomic mass is 9.84. The Morgan fingerprint density at radius 1 is 1.44 bits per heavy atom. The minimum Gasteiger partial charge on any atom is -0.481 e. The molecule has 0 radical (unpaired) electrons. The Labute approximate surface area is 106 Å². The third kappa shape index (κ3) is 2.03. The van der Waals surface area contributed by atoms with Crippen LogP contribution in [0, 0.1) is 17.8 Å². The van der Waals surface area contributed by atoms with Gasteiger partial charge in [0, 0.05) is 25.0 Å². The zero-order valence-corrected chi connectivity index (χ0v) is 10.3. The van der Waals surface area contributed by atoms with Crippen molar-refractivity contribution < 1.29 is 9.90 Å². The van der Waals surface area contributed by atoms with Crippen LogP contribution in [0.4, 0.5) is 0 Å². The van der Waals surface area contributed by atoms with E-state index in [2.05, 4.69) is 10.4 Å². The Morgan fingerprint density at radius 2 is 2.28 bits per heavy atom. The Bertz CT molecular complexity index is 418. The molecule has 4 atom stereocenters. The van der Waals surface area contributed by atoms with Crippen molar-refractivity contribution in [3.8, 4) is 0 Å². The zero-order valence-electron chi connectivity index (χ0n) is 10.3. The number of aromatic nitrogens is 2. The average Bonchev–Trinajstić information content (AvgIpc) is 3.04. The summed E-state index contributed by atoms with van der Waals surface area (Å²) in [4.78, 5) is 11.3. The highest BCUT2D eigenvalue weighted by Gasteiger charge is 2.50. The molecule has 0 spiro atoms. The largest absolute Gasteiger partial charge is 0.481 e.